The van der Waals surface area contributed by atoms with Crippen molar-refractivity contribution in [2.75, 3.05) is 17.2 Å². The summed E-state index contributed by atoms with van der Waals surface area (Å²) in [5.41, 5.74) is 2.95. The molecule has 0 heterocycles. The van der Waals surface area contributed by atoms with E-state index in [1.54, 1.807) is 18.2 Å². The van der Waals surface area contributed by atoms with E-state index >= 15 is 0 Å². The highest BCUT2D eigenvalue weighted by Gasteiger charge is 2.04. The Morgan fingerprint density at radius 2 is 2.05 bits per heavy atom. The molecule has 0 radical (unpaired) electrons. The molecule has 0 aliphatic rings. The summed E-state index contributed by atoms with van der Waals surface area (Å²) in [5.74, 6) is -0.152. The van der Waals surface area contributed by atoms with Crippen LogP contribution in [-0.2, 0) is 4.79 Å². The predicted molar refractivity (Wildman–Crippen MR) is 84.5 cm³/mol. The molecule has 2 aromatic rings. The third kappa shape index (κ3) is 4.23. The standard InChI is InChI=1S/C16H14ClN3O/c1-11-3-2-4-14(7-11)20-16(21)10-19-13-6-5-12(9-18)15(17)8-13/h2-8,19H,10H2,1H3,(H,20,21). The molecule has 0 aliphatic carbocycles. The van der Waals surface area contributed by atoms with Crippen molar-refractivity contribution >= 4 is 28.9 Å². The van der Waals surface area contributed by atoms with Crippen molar-refractivity contribution in [1.82, 2.24) is 0 Å². The molecule has 0 unspecified atom stereocenters. The summed E-state index contributed by atoms with van der Waals surface area (Å²) in [7, 11) is 0. The molecule has 0 fully saturated rings. The van der Waals surface area contributed by atoms with Gasteiger partial charge in [0.05, 0.1) is 17.1 Å². The maximum atomic E-state index is 11.8. The Morgan fingerprint density at radius 1 is 1.24 bits per heavy atom. The van der Waals surface area contributed by atoms with Gasteiger partial charge in [-0.25, -0.2) is 0 Å². The van der Waals surface area contributed by atoms with Crippen LogP contribution in [0.2, 0.25) is 5.02 Å². The number of carbonyl (C=O) groups is 1. The first-order chi connectivity index (χ1) is 10.1. The fourth-order valence-electron chi connectivity index (χ4n) is 1.83. The van der Waals surface area contributed by atoms with E-state index in [4.69, 9.17) is 16.9 Å². The smallest absolute Gasteiger partial charge is 0.243 e. The Hall–Kier alpha value is -2.51. The second-order valence-corrected chi connectivity index (χ2v) is 4.98. The number of hydrogen-bond acceptors (Lipinski definition) is 3. The average molecular weight is 300 g/mol. The van der Waals surface area contributed by atoms with Crippen LogP contribution in [-0.4, -0.2) is 12.5 Å². The van der Waals surface area contributed by atoms with Crippen molar-refractivity contribution in [3.63, 3.8) is 0 Å². The maximum absolute atomic E-state index is 11.8. The molecule has 4 nitrogen and oxygen atoms in total. The molecule has 0 aromatic heterocycles. The quantitative estimate of drug-likeness (QED) is 0.907. The van der Waals surface area contributed by atoms with Crippen LogP contribution in [0.3, 0.4) is 0 Å². The van der Waals surface area contributed by atoms with Crippen molar-refractivity contribution in [1.29, 1.82) is 5.26 Å². The third-order valence-corrected chi connectivity index (χ3v) is 3.16. The minimum atomic E-state index is -0.152. The second-order valence-electron chi connectivity index (χ2n) is 4.58. The van der Waals surface area contributed by atoms with E-state index < -0.39 is 0 Å². The molecule has 0 bridgehead atoms. The number of nitrogens with one attached hydrogen (secondary N) is 2. The highest BCUT2D eigenvalue weighted by atomic mass is 35.5. The number of hydrogen-bond donors (Lipinski definition) is 2. The van der Waals surface area contributed by atoms with Gasteiger partial charge in [-0.15, -0.1) is 0 Å². The molecule has 0 spiro atoms. The van der Waals surface area contributed by atoms with E-state index in [9.17, 15) is 4.79 Å². The molecule has 0 atom stereocenters. The molecular weight excluding hydrogens is 286 g/mol. The number of rotatable bonds is 4. The number of carbonyl (C=O) groups excluding carboxylic acids is 1. The van der Waals surface area contributed by atoms with E-state index in [0.717, 1.165) is 11.3 Å². The largest absolute Gasteiger partial charge is 0.376 e. The van der Waals surface area contributed by atoms with Gasteiger partial charge in [0.15, 0.2) is 0 Å². The lowest BCUT2D eigenvalue weighted by molar-refractivity contribution is -0.114. The van der Waals surface area contributed by atoms with E-state index in [2.05, 4.69) is 10.6 Å². The van der Waals surface area contributed by atoms with E-state index in [1.807, 2.05) is 37.3 Å². The number of benzene rings is 2. The van der Waals surface area contributed by atoms with Crippen LogP contribution in [0.1, 0.15) is 11.1 Å². The lowest BCUT2D eigenvalue weighted by Gasteiger charge is -2.09. The zero-order valence-corrected chi connectivity index (χ0v) is 12.2. The fourth-order valence-corrected chi connectivity index (χ4v) is 2.05. The molecule has 0 saturated carbocycles. The number of nitriles is 1. The van der Waals surface area contributed by atoms with Gasteiger partial charge < -0.3 is 10.6 Å². The molecule has 2 rings (SSSR count). The van der Waals surface area contributed by atoms with Crippen LogP contribution in [0.5, 0.6) is 0 Å². The molecular formula is C16H14ClN3O. The van der Waals surface area contributed by atoms with Gasteiger partial charge in [0.1, 0.15) is 6.07 Å². The summed E-state index contributed by atoms with van der Waals surface area (Å²) in [4.78, 5) is 11.8. The lowest BCUT2D eigenvalue weighted by Crippen LogP contribution is -2.21. The minimum absolute atomic E-state index is 0.121. The normalized spacial score (nSPS) is 9.76. The van der Waals surface area contributed by atoms with Gasteiger partial charge in [-0.3, -0.25) is 4.79 Å². The van der Waals surface area contributed by atoms with Gasteiger partial charge >= 0.3 is 0 Å². The Morgan fingerprint density at radius 3 is 2.71 bits per heavy atom. The Labute approximate surface area is 128 Å². The summed E-state index contributed by atoms with van der Waals surface area (Å²) in [5, 5.41) is 14.9. The average Bonchev–Trinajstić information content (AvgIpc) is 2.45. The molecule has 2 N–H and O–H groups in total. The van der Waals surface area contributed by atoms with Crippen molar-refractivity contribution in [2.24, 2.45) is 0 Å². The topological polar surface area (TPSA) is 64.9 Å². The Bertz CT molecular complexity index is 707. The maximum Gasteiger partial charge on any atom is 0.243 e. The first-order valence-electron chi connectivity index (χ1n) is 6.38. The number of anilines is 2. The highest BCUT2D eigenvalue weighted by molar-refractivity contribution is 6.32. The monoisotopic (exact) mass is 299 g/mol. The summed E-state index contributed by atoms with van der Waals surface area (Å²) in [6.07, 6.45) is 0. The Kier molecular flexibility index (Phi) is 4.81. The SMILES string of the molecule is Cc1cccc(NC(=O)CNc2ccc(C#N)c(Cl)c2)c1. The van der Waals surface area contributed by atoms with Gasteiger partial charge in [0, 0.05) is 11.4 Å². The Balaban J connectivity index is 1.92. The molecule has 106 valence electrons. The van der Waals surface area contributed by atoms with Crippen LogP contribution >= 0.6 is 11.6 Å². The minimum Gasteiger partial charge on any atom is -0.376 e. The van der Waals surface area contributed by atoms with Gasteiger partial charge in [-0.05, 0) is 42.8 Å². The summed E-state index contributed by atoms with van der Waals surface area (Å²) in [6.45, 7) is 2.09. The van der Waals surface area contributed by atoms with Crippen LogP contribution in [0.25, 0.3) is 0 Å². The van der Waals surface area contributed by atoms with E-state index in [-0.39, 0.29) is 12.5 Å². The van der Waals surface area contributed by atoms with E-state index in [1.165, 1.54) is 0 Å². The first-order valence-corrected chi connectivity index (χ1v) is 6.76. The molecule has 5 heteroatoms. The van der Waals surface area contributed by atoms with Crippen LogP contribution in [0.4, 0.5) is 11.4 Å². The number of amides is 1. The molecule has 0 saturated heterocycles. The summed E-state index contributed by atoms with van der Waals surface area (Å²) in [6, 6.07) is 14.5. The third-order valence-electron chi connectivity index (χ3n) is 2.84. The molecule has 1 amide bonds. The molecule has 2 aromatic carbocycles. The van der Waals surface area contributed by atoms with Gasteiger partial charge in [0.25, 0.3) is 0 Å². The number of aryl methyl sites for hydroxylation is 1. The van der Waals surface area contributed by atoms with Crippen LogP contribution in [0, 0.1) is 18.3 Å². The first kappa shape index (κ1) is 14.9. The van der Waals surface area contributed by atoms with Crippen molar-refractivity contribution in [2.45, 2.75) is 6.92 Å². The summed E-state index contributed by atoms with van der Waals surface area (Å²) < 4.78 is 0. The summed E-state index contributed by atoms with van der Waals surface area (Å²) >= 11 is 5.93. The van der Waals surface area contributed by atoms with Gasteiger partial charge in [-0.1, -0.05) is 23.7 Å². The fraction of sp³-hybridized carbons (Fsp3) is 0.125. The molecule has 21 heavy (non-hydrogen) atoms. The van der Waals surface area contributed by atoms with Crippen LogP contribution < -0.4 is 10.6 Å². The second kappa shape index (κ2) is 6.78. The van der Waals surface area contributed by atoms with Crippen molar-refractivity contribution < 1.29 is 4.79 Å². The van der Waals surface area contributed by atoms with E-state index in [0.29, 0.717) is 16.3 Å². The predicted octanol–water partition coefficient (Wildman–Crippen LogP) is 3.57. The number of nitrogens with zero attached hydrogens (tertiary/aromatic N) is 1. The van der Waals surface area contributed by atoms with Crippen molar-refractivity contribution in [3.8, 4) is 6.07 Å². The lowest BCUT2D eigenvalue weighted by atomic mass is 10.2. The zero-order valence-electron chi connectivity index (χ0n) is 11.5. The highest BCUT2D eigenvalue weighted by Crippen LogP contribution is 2.20. The zero-order chi connectivity index (χ0) is 15.2. The number of halogens is 1. The molecule has 0 aliphatic heterocycles. The van der Waals surface area contributed by atoms with Crippen LogP contribution in [0.15, 0.2) is 42.5 Å². The van der Waals surface area contributed by atoms with Gasteiger partial charge in [0.2, 0.25) is 5.91 Å². The van der Waals surface area contributed by atoms with Crippen molar-refractivity contribution in [3.05, 3.63) is 58.6 Å². The van der Waals surface area contributed by atoms with Gasteiger partial charge in [-0.2, -0.15) is 5.26 Å².